The van der Waals surface area contributed by atoms with Gasteiger partial charge in [-0.1, -0.05) is 0 Å². The maximum atomic E-state index is 11.2. The standard InChI is InChI=1S/C10H18N2O2/c11-10(13)9-5-12-4-8(9)7-2-1-3-14-6-7/h7-9,12H,1-6H2,(H2,11,13). The van der Waals surface area contributed by atoms with Crippen LogP contribution in [0.3, 0.4) is 0 Å². The number of rotatable bonds is 2. The van der Waals surface area contributed by atoms with Gasteiger partial charge >= 0.3 is 0 Å². The summed E-state index contributed by atoms with van der Waals surface area (Å²) in [5.74, 6) is 0.774. The summed E-state index contributed by atoms with van der Waals surface area (Å²) < 4.78 is 5.44. The summed E-state index contributed by atoms with van der Waals surface area (Å²) in [6.07, 6.45) is 2.29. The molecule has 80 valence electrons. The van der Waals surface area contributed by atoms with E-state index in [1.807, 2.05) is 0 Å². The van der Waals surface area contributed by atoms with E-state index in [1.165, 1.54) is 6.42 Å². The van der Waals surface area contributed by atoms with Crippen molar-refractivity contribution in [1.29, 1.82) is 0 Å². The van der Waals surface area contributed by atoms with E-state index in [-0.39, 0.29) is 11.8 Å². The van der Waals surface area contributed by atoms with Gasteiger partial charge in [0.1, 0.15) is 0 Å². The smallest absolute Gasteiger partial charge is 0.222 e. The van der Waals surface area contributed by atoms with Crippen LogP contribution in [-0.4, -0.2) is 32.2 Å². The quantitative estimate of drug-likeness (QED) is 0.642. The molecule has 2 aliphatic rings. The van der Waals surface area contributed by atoms with Gasteiger partial charge < -0.3 is 15.8 Å². The molecule has 0 bridgehead atoms. The van der Waals surface area contributed by atoms with E-state index in [0.717, 1.165) is 32.7 Å². The molecule has 0 aromatic carbocycles. The third-order valence-electron chi connectivity index (χ3n) is 3.43. The molecule has 0 aliphatic carbocycles. The van der Waals surface area contributed by atoms with Crippen molar-refractivity contribution in [2.45, 2.75) is 12.8 Å². The van der Waals surface area contributed by atoms with Gasteiger partial charge in [-0.3, -0.25) is 4.79 Å². The van der Waals surface area contributed by atoms with E-state index in [1.54, 1.807) is 0 Å². The van der Waals surface area contributed by atoms with Crippen molar-refractivity contribution in [3.8, 4) is 0 Å². The third-order valence-corrected chi connectivity index (χ3v) is 3.43. The highest BCUT2D eigenvalue weighted by Gasteiger charge is 2.37. The number of nitrogens with one attached hydrogen (secondary N) is 1. The number of hydrogen-bond acceptors (Lipinski definition) is 3. The summed E-state index contributed by atoms with van der Waals surface area (Å²) in [7, 11) is 0. The Morgan fingerprint density at radius 2 is 2.29 bits per heavy atom. The monoisotopic (exact) mass is 198 g/mol. The van der Waals surface area contributed by atoms with Crippen LogP contribution in [0.25, 0.3) is 0 Å². The molecule has 4 heteroatoms. The van der Waals surface area contributed by atoms with Gasteiger partial charge in [-0.15, -0.1) is 0 Å². The maximum Gasteiger partial charge on any atom is 0.222 e. The molecule has 2 fully saturated rings. The van der Waals surface area contributed by atoms with Crippen LogP contribution in [0, 0.1) is 17.8 Å². The van der Waals surface area contributed by atoms with Crippen LogP contribution in [0.1, 0.15) is 12.8 Å². The predicted molar refractivity (Wildman–Crippen MR) is 52.6 cm³/mol. The molecule has 14 heavy (non-hydrogen) atoms. The summed E-state index contributed by atoms with van der Waals surface area (Å²) in [4.78, 5) is 11.2. The van der Waals surface area contributed by atoms with Gasteiger partial charge in [-0.25, -0.2) is 0 Å². The molecule has 0 radical (unpaired) electrons. The van der Waals surface area contributed by atoms with Gasteiger partial charge in [0.05, 0.1) is 5.92 Å². The number of primary amides is 1. The van der Waals surface area contributed by atoms with E-state index >= 15 is 0 Å². The number of carbonyl (C=O) groups is 1. The second-order valence-corrected chi connectivity index (χ2v) is 4.31. The molecule has 3 N–H and O–H groups in total. The Labute approximate surface area is 84.2 Å². The molecular weight excluding hydrogens is 180 g/mol. The number of ether oxygens (including phenoxy) is 1. The maximum absolute atomic E-state index is 11.2. The lowest BCUT2D eigenvalue weighted by Gasteiger charge is -2.29. The van der Waals surface area contributed by atoms with Crippen LogP contribution in [0.2, 0.25) is 0 Å². The first-order chi connectivity index (χ1) is 6.79. The third kappa shape index (κ3) is 1.91. The summed E-state index contributed by atoms with van der Waals surface area (Å²) in [6, 6.07) is 0. The van der Waals surface area contributed by atoms with Crippen LogP contribution in [0.15, 0.2) is 0 Å². The van der Waals surface area contributed by atoms with Crippen molar-refractivity contribution in [2.75, 3.05) is 26.3 Å². The van der Waals surface area contributed by atoms with Crippen molar-refractivity contribution in [1.82, 2.24) is 5.32 Å². The lowest BCUT2D eigenvalue weighted by Crippen LogP contribution is -2.36. The predicted octanol–water partition coefficient (Wildman–Crippen LogP) is -0.266. The Morgan fingerprint density at radius 3 is 2.93 bits per heavy atom. The van der Waals surface area contributed by atoms with Crippen molar-refractivity contribution >= 4 is 5.91 Å². The SMILES string of the molecule is NC(=O)C1CNCC1C1CCCOC1. The fraction of sp³-hybridized carbons (Fsp3) is 0.900. The highest BCUT2D eigenvalue weighted by molar-refractivity contribution is 5.77. The molecule has 3 atom stereocenters. The first-order valence-corrected chi connectivity index (χ1v) is 5.37. The molecule has 2 heterocycles. The van der Waals surface area contributed by atoms with Gasteiger partial charge in [0.25, 0.3) is 0 Å². The average molecular weight is 198 g/mol. The minimum Gasteiger partial charge on any atom is -0.381 e. The first-order valence-electron chi connectivity index (χ1n) is 5.37. The summed E-state index contributed by atoms with van der Waals surface area (Å²) >= 11 is 0. The highest BCUT2D eigenvalue weighted by atomic mass is 16.5. The van der Waals surface area contributed by atoms with E-state index in [0.29, 0.717) is 11.8 Å². The second-order valence-electron chi connectivity index (χ2n) is 4.31. The molecule has 4 nitrogen and oxygen atoms in total. The van der Waals surface area contributed by atoms with Crippen LogP contribution < -0.4 is 11.1 Å². The molecular formula is C10H18N2O2. The Kier molecular flexibility index (Phi) is 3.03. The summed E-state index contributed by atoms with van der Waals surface area (Å²) in [5.41, 5.74) is 5.38. The van der Waals surface area contributed by atoms with Gasteiger partial charge in [0.2, 0.25) is 5.91 Å². The lowest BCUT2D eigenvalue weighted by atomic mass is 9.81. The van der Waals surface area contributed by atoms with E-state index in [9.17, 15) is 4.79 Å². The molecule has 1 amide bonds. The van der Waals surface area contributed by atoms with E-state index in [2.05, 4.69) is 5.32 Å². The summed E-state index contributed by atoms with van der Waals surface area (Å²) in [5, 5.41) is 3.24. The van der Waals surface area contributed by atoms with Gasteiger partial charge in [0, 0.05) is 19.8 Å². The molecule has 3 unspecified atom stereocenters. The molecule has 0 aromatic rings. The minimum absolute atomic E-state index is 0.0155. The number of carbonyl (C=O) groups excluding carboxylic acids is 1. The molecule has 0 spiro atoms. The van der Waals surface area contributed by atoms with E-state index in [4.69, 9.17) is 10.5 Å². The fourth-order valence-electron chi connectivity index (χ4n) is 2.61. The zero-order chi connectivity index (χ0) is 9.97. The summed E-state index contributed by atoms with van der Waals surface area (Å²) in [6.45, 7) is 3.34. The Morgan fingerprint density at radius 1 is 1.43 bits per heavy atom. The Hall–Kier alpha value is -0.610. The number of hydrogen-bond donors (Lipinski definition) is 2. The lowest BCUT2D eigenvalue weighted by molar-refractivity contribution is -0.123. The first kappa shape index (κ1) is 9.93. The van der Waals surface area contributed by atoms with Gasteiger partial charge in [0.15, 0.2) is 0 Å². The number of amides is 1. The topological polar surface area (TPSA) is 64.4 Å². The van der Waals surface area contributed by atoms with Crippen molar-refractivity contribution in [3.63, 3.8) is 0 Å². The molecule has 0 aromatic heterocycles. The van der Waals surface area contributed by atoms with Crippen molar-refractivity contribution in [3.05, 3.63) is 0 Å². The largest absolute Gasteiger partial charge is 0.381 e. The molecule has 0 saturated carbocycles. The van der Waals surface area contributed by atoms with Gasteiger partial charge in [-0.05, 0) is 31.2 Å². The molecule has 2 saturated heterocycles. The van der Waals surface area contributed by atoms with E-state index < -0.39 is 0 Å². The second kappa shape index (κ2) is 4.28. The van der Waals surface area contributed by atoms with Crippen LogP contribution in [-0.2, 0) is 9.53 Å². The highest BCUT2D eigenvalue weighted by Crippen LogP contribution is 2.30. The normalized spacial score (nSPS) is 38.4. The van der Waals surface area contributed by atoms with Gasteiger partial charge in [-0.2, -0.15) is 0 Å². The minimum atomic E-state index is -0.162. The zero-order valence-electron chi connectivity index (χ0n) is 8.37. The van der Waals surface area contributed by atoms with Crippen molar-refractivity contribution in [2.24, 2.45) is 23.5 Å². The fourth-order valence-corrected chi connectivity index (χ4v) is 2.61. The Bertz CT molecular complexity index is 214. The van der Waals surface area contributed by atoms with Crippen LogP contribution >= 0.6 is 0 Å². The Balaban J connectivity index is 1.97. The number of nitrogens with two attached hydrogens (primary N) is 1. The molecule has 2 aliphatic heterocycles. The average Bonchev–Trinajstić information content (AvgIpc) is 2.67. The zero-order valence-corrected chi connectivity index (χ0v) is 8.37. The molecule has 2 rings (SSSR count). The van der Waals surface area contributed by atoms with Crippen LogP contribution in [0.4, 0.5) is 0 Å². The van der Waals surface area contributed by atoms with Crippen LogP contribution in [0.5, 0.6) is 0 Å². The van der Waals surface area contributed by atoms with Crippen molar-refractivity contribution < 1.29 is 9.53 Å².